The number of rotatable bonds is 3. The second-order valence-electron chi connectivity index (χ2n) is 4.69. The summed E-state index contributed by atoms with van der Waals surface area (Å²) in [6.45, 7) is 1.34. The maximum absolute atomic E-state index is 11.3. The lowest BCUT2D eigenvalue weighted by Gasteiger charge is -2.29. The van der Waals surface area contributed by atoms with E-state index in [9.17, 15) is 9.90 Å². The minimum absolute atomic E-state index is 0.394. The van der Waals surface area contributed by atoms with Gasteiger partial charge in [-0.1, -0.05) is 19.3 Å². The van der Waals surface area contributed by atoms with Crippen molar-refractivity contribution >= 4 is 5.97 Å². The topological polar surface area (TPSA) is 66.3 Å². The molecule has 1 aromatic rings. The van der Waals surface area contributed by atoms with E-state index in [0.29, 0.717) is 12.4 Å². The number of hydrogen-bond acceptors (Lipinski definition) is 4. The van der Waals surface area contributed by atoms with Crippen molar-refractivity contribution in [3.63, 3.8) is 0 Å². The third-order valence-corrected chi connectivity index (χ3v) is 3.36. The van der Waals surface area contributed by atoms with Crippen LogP contribution in [0.5, 0.6) is 0 Å². The Morgan fingerprint density at radius 2 is 2.00 bits per heavy atom. The summed E-state index contributed by atoms with van der Waals surface area (Å²) >= 11 is 0. The highest BCUT2D eigenvalue weighted by atomic mass is 16.4. The van der Waals surface area contributed by atoms with Gasteiger partial charge in [0.25, 0.3) is 0 Å². The summed E-state index contributed by atoms with van der Waals surface area (Å²) in [5.41, 5.74) is 0. The fourth-order valence-corrected chi connectivity index (χ4v) is 2.41. The van der Waals surface area contributed by atoms with Crippen LogP contribution < -0.4 is 0 Å². The highest BCUT2D eigenvalue weighted by Gasteiger charge is 2.26. The smallest absolute Gasteiger partial charge is 0.320 e. The quantitative estimate of drug-likeness (QED) is 0.883. The largest absolute Gasteiger partial charge is 0.480 e. The zero-order chi connectivity index (χ0) is 12.8. The van der Waals surface area contributed by atoms with Crippen molar-refractivity contribution in [2.24, 2.45) is 0 Å². The van der Waals surface area contributed by atoms with Gasteiger partial charge in [0.1, 0.15) is 11.9 Å². The molecule has 0 aliphatic carbocycles. The number of aliphatic carboxylic acids is 1. The molecular weight excluding hydrogens is 230 g/mol. The van der Waals surface area contributed by atoms with Crippen LogP contribution in [0.25, 0.3) is 0 Å². The Morgan fingerprint density at radius 1 is 1.28 bits per heavy atom. The van der Waals surface area contributed by atoms with E-state index in [-0.39, 0.29) is 0 Å². The van der Waals surface area contributed by atoms with Gasteiger partial charge in [0.15, 0.2) is 0 Å². The van der Waals surface area contributed by atoms with Crippen molar-refractivity contribution in [2.75, 3.05) is 6.54 Å². The Balaban J connectivity index is 2.07. The van der Waals surface area contributed by atoms with Crippen LogP contribution in [0.2, 0.25) is 0 Å². The lowest BCUT2D eigenvalue weighted by molar-refractivity contribution is -0.144. The minimum Gasteiger partial charge on any atom is -0.480 e. The molecule has 18 heavy (non-hydrogen) atoms. The van der Waals surface area contributed by atoms with Gasteiger partial charge in [-0.2, -0.15) is 0 Å². The van der Waals surface area contributed by atoms with E-state index in [1.165, 1.54) is 6.42 Å². The van der Waals surface area contributed by atoms with Crippen LogP contribution in [0.4, 0.5) is 0 Å². The summed E-state index contributed by atoms with van der Waals surface area (Å²) in [7, 11) is 0. The van der Waals surface area contributed by atoms with Gasteiger partial charge in [0.05, 0.1) is 6.54 Å². The Labute approximate surface area is 107 Å². The highest BCUT2D eigenvalue weighted by Crippen LogP contribution is 2.18. The van der Waals surface area contributed by atoms with Crippen molar-refractivity contribution in [2.45, 2.75) is 44.7 Å². The lowest BCUT2D eigenvalue weighted by Crippen LogP contribution is -2.42. The monoisotopic (exact) mass is 249 g/mol. The van der Waals surface area contributed by atoms with Crippen LogP contribution in [-0.4, -0.2) is 38.5 Å². The van der Waals surface area contributed by atoms with Gasteiger partial charge in [0.2, 0.25) is 0 Å². The van der Waals surface area contributed by atoms with Crippen LogP contribution in [0, 0.1) is 0 Å². The standard InChI is InChI=1S/C13H19N3O2/c17-13(18)11-6-3-1-2-4-9-16(11)10-12-14-7-5-8-15-12/h5,7-8,11H,1-4,6,9-10H2,(H,17,18). The molecule has 1 saturated heterocycles. The van der Waals surface area contributed by atoms with Gasteiger partial charge in [-0.05, 0) is 25.5 Å². The van der Waals surface area contributed by atoms with Crippen molar-refractivity contribution in [1.82, 2.24) is 14.9 Å². The Hall–Kier alpha value is -1.49. The van der Waals surface area contributed by atoms with Crippen molar-refractivity contribution in [1.29, 1.82) is 0 Å². The normalized spacial score (nSPS) is 22.1. The van der Waals surface area contributed by atoms with Gasteiger partial charge in [0, 0.05) is 12.4 Å². The second-order valence-corrected chi connectivity index (χ2v) is 4.69. The number of aromatic nitrogens is 2. The zero-order valence-corrected chi connectivity index (χ0v) is 10.5. The van der Waals surface area contributed by atoms with Crippen LogP contribution >= 0.6 is 0 Å². The average Bonchev–Trinajstić information content (AvgIpc) is 2.33. The summed E-state index contributed by atoms with van der Waals surface area (Å²) in [6.07, 6.45) is 8.48. The van der Waals surface area contributed by atoms with Gasteiger partial charge >= 0.3 is 5.97 Å². The maximum atomic E-state index is 11.3. The predicted octanol–water partition coefficient (Wildman–Crippen LogP) is 1.70. The first-order chi connectivity index (χ1) is 8.77. The number of carboxylic acids is 1. The molecule has 0 radical (unpaired) electrons. The molecule has 0 bridgehead atoms. The molecule has 1 fully saturated rings. The van der Waals surface area contributed by atoms with Crippen molar-refractivity contribution in [3.05, 3.63) is 24.3 Å². The Morgan fingerprint density at radius 3 is 2.72 bits per heavy atom. The van der Waals surface area contributed by atoms with E-state index in [2.05, 4.69) is 9.97 Å². The molecule has 1 atom stereocenters. The molecule has 1 aliphatic heterocycles. The van der Waals surface area contributed by atoms with E-state index >= 15 is 0 Å². The summed E-state index contributed by atoms with van der Waals surface area (Å²) in [4.78, 5) is 21.7. The fraction of sp³-hybridized carbons (Fsp3) is 0.615. The third kappa shape index (κ3) is 3.50. The average molecular weight is 249 g/mol. The van der Waals surface area contributed by atoms with Crippen molar-refractivity contribution in [3.8, 4) is 0 Å². The van der Waals surface area contributed by atoms with Gasteiger partial charge in [-0.3, -0.25) is 9.69 Å². The molecule has 1 unspecified atom stereocenters. The van der Waals surface area contributed by atoms with Gasteiger partial charge in [-0.15, -0.1) is 0 Å². The number of carbonyl (C=O) groups is 1. The summed E-state index contributed by atoms with van der Waals surface area (Å²) in [5, 5.41) is 9.32. The van der Waals surface area contributed by atoms with Gasteiger partial charge < -0.3 is 5.11 Å². The molecule has 1 N–H and O–H groups in total. The molecule has 0 amide bonds. The van der Waals surface area contributed by atoms with E-state index < -0.39 is 12.0 Å². The first-order valence-corrected chi connectivity index (χ1v) is 6.50. The number of carboxylic acid groups (broad SMARTS) is 1. The van der Waals surface area contributed by atoms with Gasteiger partial charge in [-0.25, -0.2) is 9.97 Å². The molecular formula is C13H19N3O2. The van der Waals surface area contributed by atoms with E-state index in [0.717, 1.165) is 32.2 Å². The molecule has 1 aliphatic rings. The fourth-order valence-electron chi connectivity index (χ4n) is 2.41. The SMILES string of the molecule is O=C(O)C1CCCCCCN1Cc1ncccn1. The first kappa shape index (κ1) is 13.0. The first-order valence-electron chi connectivity index (χ1n) is 6.50. The van der Waals surface area contributed by atoms with Crippen molar-refractivity contribution < 1.29 is 9.90 Å². The van der Waals surface area contributed by atoms with Crippen LogP contribution in [0.3, 0.4) is 0 Å². The Bertz CT molecular complexity index is 383. The van der Waals surface area contributed by atoms with E-state index in [1.807, 2.05) is 4.90 Å². The zero-order valence-electron chi connectivity index (χ0n) is 10.5. The highest BCUT2D eigenvalue weighted by molar-refractivity contribution is 5.73. The third-order valence-electron chi connectivity index (χ3n) is 3.36. The van der Waals surface area contributed by atoms with E-state index in [4.69, 9.17) is 0 Å². The molecule has 5 heteroatoms. The summed E-state index contributed by atoms with van der Waals surface area (Å²) in [5.74, 6) is -0.0304. The molecule has 0 spiro atoms. The molecule has 2 heterocycles. The maximum Gasteiger partial charge on any atom is 0.320 e. The molecule has 98 valence electrons. The van der Waals surface area contributed by atoms with E-state index in [1.54, 1.807) is 18.5 Å². The summed E-state index contributed by atoms with van der Waals surface area (Å²) < 4.78 is 0. The molecule has 0 aromatic carbocycles. The molecule has 5 nitrogen and oxygen atoms in total. The van der Waals surface area contributed by atoms with Crippen LogP contribution in [-0.2, 0) is 11.3 Å². The predicted molar refractivity (Wildman–Crippen MR) is 67.0 cm³/mol. The number of nitrogens with zero attached hydrogens (tertiary/aromatic N) is 3. The Kier molecular flexibility index (Phi) is 4.64. The summed E-state index contributed by atoms with van der Waals surface area (Å²) in [6, 6.07) is 1.38. The molecule has 1 aromatic heterocycles. The number of hydrogen-bond donors (Lipinski definition) is 1. The second kappa shape index (κ2) is 6.44. The molecule has 0 saturated carbocycles. The lowest BCUT2D eigenvalue weighted by atomic mass is 10.0. The number of likely N-dealkylation sites (tertiary alicyclic amines) is 1. The molecule has 2 rings (SSSR count). The minimum atomic E-state index is -0.729. The van der Waals surface area contributed by atoms with Crippen LogP contribution in [0.1, 0.15) is 37.9 Å². The van der Waals surface area contributed by atoms with Crippen LogP contribution in [0.15, 0.2) is 18.5 Å².